The third-order valence-electron chi connectivity index (χ3n) is 17.8. The fraction of sp³-hybridized carbons (Fsp3) is 0.406. The molecule has 0 bridgehead atoms. The van der Waals surface area contributed by atoms with Crippen LogP contribution in [0.25, 0.3) is 44.5 Å². The molecule has 8 amide bonds. The Morgan fingerprint density at radius 2 is 0.362 bits per heavy atom. The molecule has 5 aromatic carbocycles. The van der Waals surface area contributed by atoms with E-state index in [-0.39, 0.29) is 47.3 Å². The number of hydrogen-bond acceptors (Lipinski definition) is 8. The molecular weight excluding hydrogens is 1010 g/mol. The third-order valence-corrected chi connectivity index (χ3v) is 17.8. The van der Waals surface area contributed by atoms with E-state index in [1.807, 2.05) is 112 Å². The molecule has 0 aromatic heterocycles. The molecule has 0 aliphatic carbocycles. The van der Waals surface area contributed by atoms with Crippen LogP contribution >= 0.6 is 0 Å². The number of carbonyl (C=O) groups is 8. The normalized spacial score (nSPS) is 19.9. The van der Waals surface area contributed by atoms with Gasteiger partial charge in [0.15, 0.2) is 0 Å². The van der Waals surface area contributed by atoms with Crippen molar-refractivity contribution in [3.63, 3.8) is 0 Å². The Kier molecular flexibility index (Phi) is 13.2. The lowest BCUT2D eigenvalue weighted by Gasteiger charge is -2.30. The first-order valence-corrected chi connectivity index (χ1v) is 29.0. The van der Waals surface area contributed by atoms with Gasteiger partial charge in [0.2, 0.25) is 47.3 Å². The van der Waals surface area contributed by atoms with E-state index in [2.05, 4.69) is 13.8 Å². The summed E-state index contributed by atoms with van der Waals surface area (Å²) in [5.41, 5.74) is 13.0. The summed E-state index contributed by atoms with van der Waals surface area (Å²) >= 11 is 0. The minimum atomic E-state index is -0.00571. The molecule has 8 saturated heterocycles. The smallest absolute Gasteiger partial charge is 0.227 e. The van der Waals surface area contributed by atoms with Crippen molar-refractivity contribution in [2.24, 2.45) is 0 Å². The van der Waals surface area contributed by atoms with Crippen molar-refractivity contribution >= 4 is 92.8 Å². The number of amides is 8. The summed E-state index contributed by atoms with van der Waals surface area (Å²) in [6.07, 6.45) is 8.69. The van der Waals surface area contributed by atoms with Gasteiger partial charge in [0.05, 0.1) is 0 Å². The zero-order valence-electron chi connectivity index (χ0n) is 45.7. The first kappa shape index (κ1) is 51.3. The van der Waals surface area contributed by atoms with Crippen molar-refractivity contribution in [3.05, 3.63) is 83.9 Å². The van der Waals surface area contributed by atoms with Gasteiger partial charge < -0.3 is 39.2 Å². The zero-order valence-corrected chi connectivity index (χ0v) is 45.7. The van der Waals surface area contributed by atoms with E-state index in [1.165, 1.54) is 0 Å². The second kappa shape index (κ2) is 20.5. The highest BCUT2D eigenvalue weighted by molar-refractivity contribution is 6.10. The van der Waals surface area contributed by atoms with Gasteiger partial charge in [-0.3, -0.25) is 38.4 Å². The first-order chi connectivity index (χ1) is 38.8. The summed E-state index contributed by atoms with van der Waals surface area (Å²) < 4.78 is 0. The Morgan fingerprint density at radius 1 is 0.225 bits per heavy atom. The molecule has 0 N–H and O–H groups in total. The molecule has 410 valence electrons. The summed E-state index contributed by atoms with van der Waals surface area (Å²) in [5.74, 6) is -0.0457. The lowest BCUT2D eigenvalue weighted by atomic mass is 9.77. The number of hydrogen-bond donors (Lipinski definition) is 0. The number of nitrogens with zero attached hydrogens (tertiary/aromatic N) is 8. The molecular formula is C64H66N8O8. The average molecular weight is 1080 g/mol. The average Bonchev–Trinajstić information content (AvgIpc) is 4.46. The maximum Gasteiger partial charge on any atom is 0.227 e. The van der Waals surface area contributed by atoms with Crippen LogP contribution in [-0.4, -0.2) is 99.6 Å². The first-order valence-electron chi connectivity index (χ1n) is 29.0. The summed E-state index contributed by atoms with van der Waals surface area (Å²) in [5, 5.41) is 0. The molecule has 0 atom stereocenters. The molecule has 16 heteroatoms. The van der Waals surface area contributed by atoms with Gasteiger partial charge in [-0.25, -0.2) is 0 Å². The molecule has 16 nitrogen and oxygen atoms in total. The van der Waals surface area contributed by atoms with E-state index < -0.39 is 0 Å². The SMILES string of the molecule is Cc1c(-c2cc(N3CCCC3=O)cc(N3CCCC3=O)c2)c(-c2cc(N3CCCC3=O)cc(N3CCCC3=O)c2)c(C)c(-c2cc(N3CCCC3=O)cc(N3CCCC3=O)c2)c1-c1cc(N2CCCC2=O)cc(N2CCCC2=O)c1. The molecule has 8 heterocycles. The maximum absolute atomic E-state index is 13.8. The summed E-state index contributed by atoms with van der Waals surface area (Å²) in [4.78, 5) is 125. The van der Waals surface area contributed by atoms with Gasteiger partial charge in [-0.05, 0) is 194 Å². The Hall–Kier alpha value is -8.14. The van der Waals surface area contributed by atoms with Crippen LogP contribution in [0.2, 0.25) is 0 Å². The standard InChI is InChI=1S/C64H66N8O8/c1-39-61(41-27-45(65-19-3-11-53(65)73)35-46(28-41)66-20-4-12-54(66)74)63(43-31-49(69-23-7-15-57(69)77)37-50(32-43)70-24-8-16-58(70)78)40(2)64(44-33-51(71-25-9-17-59(71)79)38-52(34-44)72-26-10-18-60(72)80)62(39)42-29-47(67-21-5-13-55(67)75)36-48(30-42)68-22-6-14-56(68)76/h27-38H,3-26H2,1-2H3. The van der Waals surface area contributed by atoms with E-state index >= 15 is 0 Å². The van der Waals surface area contributed by atoms with E-state index in [0.717, 1.165) is 55.6 Å². The van der Waals surface area contributed by atoms with Gasteiger partial charge in [-0.15, -0.1) is 0 Å². The molecule has 0 unspecified atom stereocenters. The van der Waals surface area contributed by atoms with Crippen molar-refractivity contribution in [3.8, 4) is 44.5 Å². The van der Waals surface area contributed by atoms with Crippen molar-refractivity contribution in [2.45, 2.75) is 117 Å². The largest absolute Gasteiger partial charge is 0.312 e. The summed E-state index contributed by atoms with van der Waals surface area (Å²) in [7, 11) is 0. The molecule has 0 saturated carbocycles. The minimum absolute atomic E-state index is 0.00571. The molecule has 13 rings (SSSR count). The molecule has 8 aliphatic heterocycles. The van der Waals surface area contributed by atoms with Crippen LogP contribution in [-0.2, 0) is 38.4 Å². The number of anilines is 8. The Labute approximate surface area is 465 Å². The Bertz CT molecular complexity index is 2900. The van der Waals surface area contributed by atoms with Gasteiger partial charge >= 0.3 is 0 Å². The van der Waals surface area contributed by atoms with Crippen LogP contribution in [0.4, 0.5) is 45.5 Å². The highest BCUT2D eigenvalue weighted by Crippen LogP contribution is 2.53. The van der Waals surface area contributed by atoms with Gasteiger partial charge in [0.1, 0.15) is 0 Å². The van der Waals surface area contributed by atoms with E-state index in [0.29, 0.717) is 201 Å². The Balaban J connectivity index is 1.18. The van der Waals surface area contributed by atoms with Gasteiger partial charge in [0.25, 0.3) is 0 Å². The van der Waals surface area contributed by atoms with Crippen LogP contribution in [0.1, 0.15) is 114 Å². The molecule has 8 fully saturated rings. The maximum atomic E-state index is 13.8. The summed E-state index contributed by atoms with van der Waals surface area (Å²) in [6.45, 7) is 8.29. The van der Waals surface area contributed by atoms with E-state index in [9.17, 15) is 38.4 Å². The van der Waals surface area contributed by atoms with Crippen molar-refractivity contribution in [1.29, 1.82) is 0 Å². The van der Waals surface area contributed by atoms with E-state index in [4.69, 9.17) is 0 Å². The predicted molar refractivity (Wildman–Crippen MR) is 310 cm³/mol. The van der Waals surface area contributed by atoms with Crippen molar-refractivity contribution < 1.29 is 38.4 Å². The molecule has 8 aliphatic rings. The number of rotatable bonds is 12. The van der Waals surface area contributed by atoms with Crippen LogP contribution in [0, 0.1) is 13.8 Å². The minimum Gasteiger partial charge on any atom is -0.312 e. The summed E-state index contributed by atoms with van der Waals surface area (Å²) in [6, 6.07) is 24.2. The third kappa shape index (κ3) is 9.00. The van der Waals surface area contributed by atoms with Gasteiger partial charge in [0, 0.05) is 149 Å². The Morgan fingerprint density at radius 3 is 0.475 bits per heavy atom. The van der Waals surface area contributed by atoms with Crippen molar-refractivity contribution in [1.82, 2.24) is 0 Å². The molecule has 5 aromatic rings. The fourth-order valence-corrected chi connectivity index (χ4v) is 14.0. The van der Waals surface area contributed by atoms with Crippen LogP contribution in [0.15, 0.2) is 72.8 Å². The molecule has 0 radical (unpaired) electrons. The quantitative estimate of drug-likeness (QED) is 0.119. The second-order valence-electron chi connectivity index (χ2n) is 22.9. The number of carbonyl (C=O) groups excluding carboxylic acids is 8. The van der Waals surface area contributed by atoms with Gasteiger partial charge in [-0.1, -0.05) is 0 Å². The van der Waals surface area contributed by atoms with Crippen molar-refractivity contribution in [2.75, 3.05) is 91.6 Å². The second-order valence-corrected chi connectivity index (χ2v) is 22.9. The lowest BCUT2D eigenvalue weighted by molar-refractivity contribution is -0.117. The monoisotopic (exact) mass is 1070 g/mol. The topological polar surface area (TPSA) is 162 Å². The predicted octanol–water partition coefficient (Wildman–Crippen LogP) is 9.99. The number of benzene rings is 5. The molecule has 0 spiro atoms. The highest BCUT2D eigenvalue weighted by Gasteiger charge is 2.35. The van der Waals surface area contributed by atoms with Crippen LogP contribution < -0.4 is 39.2 Å². The van der Waals surface area contributed by atoms with Crippen LogP contribution in [0.3, 0.4) is 0 Å². The highest BCUT2D eigenvalue weighted by atomic mass is 16.2. The zero-order chi connectivity index (χ0) is 55.1. The van der Waals surface area contributed by atoms with Crippen LogP contribution in [0.5, 0.6) is 0 Å². The van der Waals surface area contributed by atoms with E-state index in [1.54, 1.807) is 0 Å². The van der Waals surface area contributed by atoms with Gasteiger partial charge in [-0.2, -0.15) is 0 Å². The fourth-order valence-electron chi connectivity index (χ4n) is 14.0. The molecule has 80 heavy (non-hydrogen) atoms. The lowest BCUT2D eigenvalue weighted by Crippen LogP contribution is -2.27.